The van der Waals surface area contributed by atoms with Crippen LogP contribution in [0, 0.1) is 12.3 Å². The second-order valence-corrected chi connectivity index (χ2v) is 2.41. The van der Waals surface area contributed by atoms with Crippen LogP contribution >= 0.6 is 11.6 Å². The lowest BCUT2D eigenvalue weighted by atomic mass is 10.2. The number of carbonyl (C=O) groups is 1. The third kappa shape index (κ3) is 1.77. The van der Waals surface area contributed by atoms with Crippen molar-refractivity contribution in [3.8, 4) is 18.1 Å². The van der Waals surface area contributed by atoms with Crippen molar-refractivity contribution in [2.24, 2.45) is 0 Å². The van der Waals surface area contributed by atoms with Gasteiger partial charge in [0.15, 0.2) is 0 Å². The van der Waals surface area contributed by atoms with Gasteiger partial charge in [0.05, 0.1) is 5.02 Å². The van der Waals surface area contributed by atoms with E-state index in [1.807, 2.05) is 0 Å². The van der Waals surface area contributed by atoms with Crippen molar-refractivity contribution in [1.82, 2.24) is 0 Å². The van der Waals surface area contributed by atoms with Crippen LogP contribution in [0.5, 0.6) is 5.75 Å². The Balaban J connectivity index is 3.09. The first kappa shape index (κ1) is 8.63. The minimum atomic E-state index is 0.280. The molecule has 0 radical (unpaired) electrons. The van der Waals surface area contributed by atoms with Gasteiger partial charge >= 0.3 is 0 Å². The molecule has 3 heteroatoms. The fourth-order valence-corrected chi connectivity index (χ4v) is 0.897. The summed E-state index contributed by atoms with van der Waals surface area (Å²) in [6.45, 7) is 0.307. The summed E-state index contributed by atoms with van der Waals surface area (Å²) in [5, 5.41) is 0.362. The van der Waals surface area contributed by atoms with E-state index in [1.54, 1.807) is 12.1 Å². The maximum atomic E-state index is 9.99. The quantitative estimate of drug-likeness (QED) is 0.513. The standard InChI is InChI=1S/C9H5ClO2/c1-2-7-3-4-8(10)9(5-7)12-6-11/h1,3-6H. The van der Waals surface area contributed by atoms with E-state index >= 15 is 0 Å². The van der Waals surface area contributed by atoms with Crippen LogP contribution in [0.15, 0.2) is 18.2 Å². The molecule has 0 aliphatic heterocycles. The van der Waals surface area contributed by atoms with Gasteiger partial charge in [0.1, 0.15) is 5.75 Å². The Labute approximate surface area is 75.1 Å². The van der Waals surface area contributed by atoms with Gasteiger partial charge in [-0.3, -0.25) is 4.79 Å². The Hall–Kier alpha value is -1.46. The normalized spacial score (nSPS) is 8.67. The molecule has 0 aliphatic rings. The number of benzene rings is 1. The molecule has 0 heterocycles. The van der Waals surface area contributed by atoms with E-state index in [0.29, 0.717) is 17.1 Å². The predicted octanol–water partition coefficient (Wildman–Crippen LogP) is 1.86. The number of rotatable bonds is 2. The van der Waals surface area contributed by atoms with Crippen molar-refractivity contribution < 1.29 is 9.53 Å². The van der Waals surface area contributed by atoms with Crippen LogP contribution in [0.3, 0.4) is 0 Å². The Morgan fingerprint density at radius 1 is 1.58 bits per heavy atom. The van der Waals surface area contributed by atoms with Crippen molar-refractivity contribution in [1.29, 1.82) is 0 Å². The lowest BCUT2D eigenvalue weighted by molar-refractivity contribution is -0.120. The van der Waals surface area contributed by atoms with E-state index in [0.717, 1.165) is 0 Å². The summed E-state index contributed by atoms with van der Waals surface area (Å²) >= 11 is 5.68. The average molecular weight is 181 g/mol. The fraction of sp³-hybridized carbons (Fsp3) is 0. The van der Waals surface area contributed by atoms with Crippen LogP contribution in [-0.2, 0) is 4.79 Å². The van der Waals surface area contributed by atoms with Crippen LogP contribution in [0.4, 0.5) is 0 Å². The van der Waals surface area contributed by atoms with E-state index in [2.05, 4.69) is 10.7 Å². The Morgan fingerprint density at radius 2 is 2.33 bits per heavy atom. The highest BCUT2D eigenvalue weighted by molar-refractivity contribution is 6.32. The highest BCUT2D eigenvalue weighted by atomic mass is 35.5. The first-order chi connectivity index (χ1) is 5.77. The summed E-state index contributed by atoms with van der Waals surface area (Å²) in [5.74, 6) is 2.68. The highest BCUT2D eigenvalue weighted by Gasteiger charge is 2.00. The molecular weight excluding hydrogens is 176 g/mol. The summed E-state index contributed by atoms with van der Waals surface area (Å²) in [4.78, 5) is 9.99. The molecule has 0 bridgehead atoms. The zero-order chi connectivity index (χ0) is 8.97. The predicted molar refractivity (Wildman–Crippen MR) is 46.1 cm³/mol. The maximum absolute atomic E-state index is 9.99. The number of halogens is 1. The first-order valence-electron chi connectivity index (χ1n) is 3.14. The van der Waals surface area contributed by atoms with Gasteiger partial charge in [-0.25, -0.2) is 0 Å². The lowest BCUT2D eigenvalue weighted by Gasteiger charge is -2.00. The third-order valence-electron chi connectivity index (χ3n) is 1.27. The lowest BCUT2D eigenvalue weighted by Crippen LogP contribution is -1.89. The van der Waals surface area contributed by atoms with Gasteiger partial charge in [-0.1, -0.05) is 17.5 Å². The number of hydrogen-bond acceptors (Lipinski definition) is 2. The van der Waals surface area contributed by atoms with Gasteiger partial charge in [-0.2, -0.15) is 0 Å². The topological polar surface area (TPSA) is 26.3 Å². The molecule has 2 nitrogen and oxygen atoms in total. The molecule has 0 fully saturated rings. The second kappa shape index (κ2) is 3.80. The number of ether oxygens (including phenoxy) is 1. The van der Waals surface area contributed by atoms with Crippen LogP contribution in [0.1, 0.15) is 5.56 Å². The largest absolute Gasteiger partial charge is 0.427 e. The van der Waals surface area contributed by atoms with Crippen molar-refractivity contribution in [2.75, 3.05) is 0 Å². The van der Waals surface area contributed by atoms with Crippen molar-refractivity contribution >= 4 is 18.1 Å². The van der Waals surface area contributed by atoms with E-state index in [-0.39, 0.29) is 5.75 Å². The molecule has 0 spiro atoms. The molecule has 0 saturated carbocycles. The van der Waals surface area contributed by atoms with Gasteiger partial charge in [0, 0.05) is 5.56 Å². The maximum Gasteiger partial charge on any atom is 0.298 e. The summed E-state index contributed by atoms with van der Waals surface area (Å²) in [6.07, 6.45) is 5.13. The fourth-order valence-electron chi connectivity index (χ4n) is 0.735. The van der Waals surface area contributed by atoms with Crippen LogP contribution in [0.2, 0.25) is 5.02 Å². The summed E-state index contributed by atoms with van der Waals surface area (Å²) < 4.78 is 4.57. The first-order valence-corrected chi connectivity index (χ1v) is 3.52. The molecule has 60 valence electrons. The van der Waals surface area contributed by atoms with Gasteiger partial charge < -0.3 is 4.74 Å². The molecule has 0 unspecified atom stereocenters. The Morgan fingerprint density at radius 3 is 2.92 bits per heavy atom. The molecule has 0 atom stereocenters. The molecular formula is C9H5ClO2. The van der Waals surface area contributed by atoms with Gasteiger partial charge in [0.25, 0.3) is 6.47 Å². The molecule has 12 heavy (non-hydrogen) atoms. The van der Waals surface area contributed by atoms with Gasteiger partial charge in [-0.05, 0) is 18.2 Å². The Bertz CT molecular complexity index is 339. The van der Waals surface area contributed by atoms with E-state index in [9.17, 15) is 4.79 Å². The summed E-state index contributed by atoms with van der Waals surface area (Å²) in [6, 6.07) is 4.77. The zero-order valence-corrected chi connectivity index (χ0v) is 6.84. The molecule has 0 aliphatic carbocycles. The minimum absolute atomic E-state index is 0.280. The number of carbonyl (C=O) groups excluding carboxylic acids is 1. The highest BCUT2D eigenvalue weighted by Crippen LogP contribution is 2.24. The second-order valence-electron chi connectivity index (χ2n) is 2.00. The van der Waals surface area contributed by atoms with Crippen LogP contribution in [-0.4, -0.2) is 6.47 Å². The van der Waals surface area contributed by atoms with E-state index in [1.165, 1.54) is 6.07 Å². The molecule has 0 N–H and O–H groups in total. The molecule has 1 aromatic rings. The van der Waals surface area contributed by atoms with Crippen LogP contribution in [0.25, 0.3) is 0 Å². The van der Waals surface area contributed by atoms with Crippen molar-refractivity contribution in [3.05, 3.63) is 28.8 Å². The zero-order valence-electron chi connectivity index (χ0n) is 6.08. The molecule has 0 saturated heterocycles. The average Bonchev–Trinajstić information content (AvgIpc) is 2.09. The smallest absolute Gasteiger partial charge is 0.298 e. The van der Waals surface area contributed by atoms with Crippen molar-refractivity contribution in [2.45, 2.75) is 0 Å². The molecule has 0 amide bonds. The number of hydrogen-bond donors (Lipinski definition) is 0. The molecule has 0 aromatic heterocycles. The van der Waals surface area contributed by atoms with Crippen LogP contribution < -0.4 is 4.74 Å². The Kier molecular flexibility index (Phi) is 2.73. The van der Waals surface area contributed by atoms with E-state index in [4.69, 9.17) is 18.0 Å². The van der Waals surface area contributed by atoms with Crippen molar-refractivity contribution in [3.63, 3.8) is 0 Å². The number of terminal acetylenes is 1. The minimum Gasteiger partial charge on any atom is -0.427 e. The van der Waals surface area contributed by atoms with Gasteiger partial charge in [-0.15, -0.1) is 6.42 Å². The third-order valence-corrected chi connectivity index (χ3v) is 1.59. The summed E-state index contributed by atoms with van der Waals surface area (Å²) in [5.41, 5.74) is 0.622. The monoisotopic (exact) mass is 180 g/mol. The molecule has 1 aromatic carbocycles. The van der Waals surface area contributed by atoms with E-state index < -0.39 is 0 Å². The summed E-state index contributed by atoms with van der Waals surface area (Å²) in [7, 11) is 0. The van der Waals surface area contributed by atoms with Gasteiger partial charge in [0.2, 0.25) is 0 Å². The SMILES string of the molecule is C#Cc1ccc(Cl)c(OC=O)c1. The molecule has 1 rings (SSSR count).